The van der Waals surface area contributed by atoms with Crippen LogP contribution in [0.25, 0.3) is 11.2 Å². The zero-order valence-electron chi connectivity index (χ0n) is 21.3. The van der Waals surface area contributed by atoms with Gasteiger partial charge in [-0.15, -0.1) is 0 Å². The third-order valence-corrected chi connectivity index (χ3v) is 8.50. The number of aliphatic hydroxyl groups excluding tert-OH is 2. The summed E-state index contributed by atoms with van der Waals surface area (Å²) in [5.74, 6) is 7.02. The minimum Gasteiger partial charge on any atom is -0.389 e. The first-order valence-electron chi connectivity index (χ1n) is 13.2. The summed E-state index contributed by atoms with van der Waals surface area (Å²) < 4.78 is 1.79. The lowest BCUT2D eigenvalue weighted by Gasteiger charge is -2.23. The summed E-state index contributed by atoms with van der Waals surface area (Å²) in [7, 11) is 1.55. The van der Waals surface area contributed by atoms with Gasteiger partial charge >= 0.3 is 0 Å². The first kappa shape index (κ1) is 23.8. The smallest absolute Gasteiger partial charge is 0.229 e. The molecule has 196 valence electrons. The van der Waals surface area contributed by atoms with Gasteiger partial charge in [-0.25, -0.2) is 15.0 Å². The molecule has 0 saturated heterocycles. The molecular formula is C30H28N6O3. The van der Waals surface area contributed by atoms with E-state index in [1.165, 1.54) is 5.56 Å². The Kier molecular flexibility index (Phi) is 5.44. The number of anilines is 1. The van der Waals surface area contributed by atoms with Crippen LogP contribution in [0.1, 0.15) is 41.8 Å². The molecule has 4 aromatic rings. The molecule has 7 atom stereocenters. The number of carbonyl (C=O) groups excluding carboxylic acids is 1. The Bertz CT molecular complexity index is 1630. The minimum atomic E-state index is -1.17. The van der Waals surface area contributed by atoms with E-state index in [0.29, 0.717) is 35.1 Å². The van der Waals surface area contributed by atoms with Crippen molar-refractivity contribution in [3.05, 3.63) is 83.9 Å². The molecule has 1 amide bonds. The molecule has 3 aliphatic carbocycles. The molecule has 0 bridgehead atoms. The number of hydrogen-bond donors (Lipinski definition) is 4. The molecule has 3 unspecified atom stereocenters. The molecule has 39 heavy (non-hydrogen) atoms. The van der Waals surface area contributed by atoms with Crippen molar-refractivity contribution in [2.45, 2.75) is 43.1 Å². The Hall–Kier alpha value is -4.26. The molecule has 3 aliphatic rings. The number of imidazole rings is 1. The number of fused-ring (bicyclic) bond motifs is 2. The van der Waals surface area contributed by atoms with Gasteiger partial charge in [0.15, 0.2) is 17.0 Å². The molecule has 9 heteroatoms. The largest absolute Gasteiger partial charge is 0.389 e. The fourth-order valence-electron chi connectivity index (χ4n) is 6.33. The molecule has 7 rings (SSSR count). The molecule has 4 N–H and O–H groups in total. The maximum absolute atomic E-state index is 12.7. The van der Waals surface area contributed by atoms with E-state index < -0.39 is 23.7 Å². The highest BCUT2D eigenvalue weighted by atomic mass is 16.3. The number of benzene rings is 2. The summed E-state index contributed by atoms with van der Waals surface area (Å²) in [6.45, 7) is 0. The third-order valence-electron chi connectivity index (χ3n) is 8.50. The van der Waals surface area contributed by atoms with E-state index in [1.807, 2.05) is 48.5 Å². The summed E-state index contributed by atoms with van der Waals surface area (Å²) in [4.78, 5) is 26.8. The van der Waals surface area contributed by atoms with Crippen molar-refractivity contribution in [3.8, 4) is 11.8 Å². The van der Waals surface area contributed by atoms with Crippen LogP contribution in [0, 0.1) is 23.2 Å². The summed E-state index contributed by atoms with van der Waals surface area (Å²) >= 11 is 0. The number of carbonyl (C=O) groups is 1. The van der Waals surface area contributed by atoms with Crippen LogP contribution < -0.4 is 10.6 Å². The normalized spacial score (nSPS) is 30.2. The van der Waals surface area contributed by atoms with Gasteiger partial charge < -0.3 is 25.4 Å². The molecule has 2 aromatic carbocycles. The summed E-state index contributed by atoms with van der Waals surface area (Å²) in [6, 6.07) is 19.7. The molecule has 3 saturated carbocycles. The maximum atomic E-state index is 12.7. The van der Waals surface area contributed by atoms with E-state index in [-0.39, 0.29) is 17.9 Å². The highest BCUT2D eigenvalue weighted by molar-refractivity contribution is 5.88. The van der Waals surface area contributed by atoms with E-state index in [0.717, 1.165) is 12.0 Å². The number of rotatable bonds is 5. The molecule has 9 nitrogen and oxygen atoms in total. The Morgan fingerprint density at radius 1 is 1.05 bits per heavy atom. The number of amides is 1. The van der Waals surface area contributed by atoms with Gasteiger partial charge in [0.1, 0.15) is 6.10 Å². The SMILES string of the molecule is CNC(=O)C12CC1[C@@H](n1cnc3c(NC4C[C@H]4c4ccccc4)nc(C#Cc4ccccc4)nc31)[C@H](O)[C@@H]2O. The zero-order chi connectivity index (χ0) is 26.7. The van der Waals surface area contributed by atoms with Gasteiger partial charge in [0.2, 0.25) is 11.7 Å². The van der Waals surface area contributed by atoms with Gasteiger partial charge in [0.25, 0.3) is 0 Å². The van der Waals surface area contributed by atoms with Crippen molar-refractivity contribution in [1.29, 1.82) is 0 Å². The lowest BCUT2D eigenvalue weighted by atomic mass is 9.98. The fraction of sp³-hybridized carbons (Fsp3) is 0.333. The molecule has 0 spiro atoms. The lowest BCUT2D eigenvalue weighted by molar-refractivity contribution is -0.132. The van der Waals surface area contributed by atoms with Gasteiger partial charge in [0.05, 0.1) is 23.9 Å². The van der Waals surface area contributed by atoms with Crippen LogP contribution >= 0.6 is 0 Å². The van der Waals surface area contributed by atoms with E-state index >= 15 is 0 Å². The van der Waals surface area contributed by atoms with Crippen LogP contribution in [0.3, 0.4) is 0 Å². The monoisotopic (exact) mass is 520 g/mol. The second-order valence-corrected chi connectivity index (χ2v) is 10.7. The second kappa shape index (κ2) is 8.90. The predicted molar refractivity (Wildman–Crippen MR) is 145 cm³/mol. The number of nitrogens with one attached hydrogen (secondary N) is 2. The first-order chi connectivity index (χ1) is 19.0. The standard InChI is InChI=1S/C30H28N6O3/c1-31-29(39)30-15-20(30)24(25(37)26(30)38)36-16-32-23-27(33-21-14-19(21)18-10-6-3-7-11-18)34-22(35-28(23)36)13-12-17-8-4-2-5-9-17/h2-11,16,19-21,24-26,37-38H,14-15H2,1H3,(H,31,39)(H,33,34,35)/t19-,20?,21?,24+,25-,26-,30?/m0/s1. The summed E-state index contributed by atoms with van der Waals surface area (Å²) in [6.07, 6.45) is 0.798. The minimum absolute atomic E-state index is 0.203. The summed E-state index contributed by atoms with van der Waals surface area (Å²) in [5, 5.41) is 28.1. The van der Waals surface area contributed by atoms with E-state index in [2.05, 4.69) is 39.6 Å². The highest BCUT2D eigenvalue weighted by Gasteiger charge is 2.75. The molecule has 0 aliphatic heterocycles. The maximum Gasteiger partial charge on any atom is 0.229 e. The van der Waals surface area contributed by atoms with Crippen molar-refractivity contribution in [3.63, 3.8) is 0 Å². The van der Waals surface area contributed by atoms with Crippen molar-refractivity contribution in [2.75, 3.05) is 12.4 Å². The Morgan fingerprint density at radius 3 is 2.54 bits per heavy atom. The van der Waals surface area contributed by atoms with Crippen molar-refractivity contribution in [2.24, 2.45) is 11.3 Å². The number of hydrogen-bond acceptors (Lipinski definition) is 7. The zero-order valence-corrected chi connectivity index (χ0v) is 21.3. The van der Waals surface area contributed by atoms with Gasteiger partial charge in [-0.1, -0.05) is 54.5 Å². The Labute approximate surface area is 225 Å². The van der Waals surface area contributed by atoms with Gasteiger partial charge in [0, 0.05) is 30.5 Å². The number of nitrogens with zero attached hydrogens (tertiary/aromatic N) is 4. The van der Waals surface area contributed by atoms with Gasteiger partial charge in [-0.05, 0) is 36.5 Å². The van der Waals surface area contributed by atoms with E-state index in [4.69, 9.17) is 9.97 Å². The lowest BCUT2D eigenvalue weighted by Crippen LogP contribution is -2.41. The van der Waals surface area contributed by atoms with E-state index in [9.17, 15) is 15.0 Å². The molecule has 0 radical (unpaired) electrons. The van der Waals surface area contributed by atoms with Gasteiger partial charge in [-0.2, -0.15) is 0 Å². The molecule has 2 heterocycles. The van der Waals surface area contributed by atoms with Crippen LogP contribution in [-0.4, -0.2) is 60.9 Å². The van der Waals surface area contributed by atoms with Crippen molar-refractivity contribution >= 4 is 22.9 Å². The first-order valence-corrected chi connectivity index (χ1v) is 13.2. The fourth-order valence-corrected chi connectivity index (χ4v) is 6.33. The predicted octanol–water partition coefficient (Wildman–Crippen LogP) is 2.22. The number of aliphatic hydroxyl groups is 2. The second-order valence-electron chi connectivity index (χ2n) is 10.7. The number of aromatic nitrogens is 4. The molecule has 2 aromatic heterocycles. The van der Waals surface area contributed by atoms with Crippen molar-refractivity contribution < 1.29 is 15.0 Å². The summed E-state index contributed by atoms with van der Waals surface area (Å²) in [5.41, 5.74) is 2.21. The Morgan fingerprint density at radius 2 is 1.79 bits per heavy atom. The van der Waals surface area contributed by atoms with Crippen LogP contribution in [0.15, 0.2) is 67.0 Å². The van der Waals surface area contributed by atoms with Crippen LogP contribution in [0.4, 0.5) is 5.82 Å². The average molecular weight is 521 g/mol. The van der Waals surface area contributed by atoms with E-state index in [1.54, 1.807) is 17.9 Å². The molecule has 3 fully saturated rings. The average Bonchev–Trinajstić information content (AvgIpc) is 3.85. The topological polar surface area (TPSA) is 125 Å². The van der Waals surface area contributed by atoms with Crippen molar-refractivity contribution in [1.82, 2.24) is 24.8 Å². The Balaban J connectivity index is 1.28. The van der Waals surface area contributed by atoms with Crippen LogP contribution in [0.5, 0.6) is 0 Å². The van der Waals surface area contributed by atoms with Crippen LogP contribution in [-0.2, 0) is 4.79 Å². The quantitative estimate of drug-likeness (QED) is 0.298. The van der Waals surface area contributed by atoms with Gasteiger partial charge in [-0.3, -0.25) is 4.79 Å². The third kappa shape index (κ3) is 3.79. The van der Waals surface area contributed by atoms with Crippen LogP contribution in [0.2, 0.25) is 0 Å². The highest BCUT2D eigenvalue weighted by Crippen LogP contribution is 2.67. The molecular weight excluding hydrogens is 492 g/mol.